The van der Waals surface area contributed by atoms with Crippen molar-refractivity contribution in [2.45, 2.75) is 0 Å². The number of fused-ring (bicyclic) bond motifs is 1. The molecule has 3 aromatic carbocycles. The van der Waals surface area contributed by atoms with E-state index in [0.717, 1.165) is 20.0 Å². The topological polar surface area (TPSA) is 29.1 Å². The molecule has 0 bridgehead atoms. The summed E-state index contributed by atoms with van der Waals surface area (Å²) in [5.74, 6) is -0.155. The van der Waals surface area contributed by atoms with E-state index in [1.54, 1.807) is 12.1 Å². The first kappa shape index (κ1) is 14.4. The molecule has 0 fully saturated rings. The van der Waals surface area contributed by atoms with E-state index in [9.17, 15) is 4.79 Å². The van der Waals surface area contributed by atoms with Gasteiger partial charge in [0.15, 0.2) is 0 Å². The number of benzene rings is 3. The molecule has 104 valence electrons. The van der Waals surface area contributed by atoms with E-state index in [0.29, 0.717) is 10.6 Å². The molecule has 0 aliphatic carbocycles. The Bertz CT molecular complexity index is 832. The monoisotopic (exact) mass is 407 g/mol. The second-order valence-electron chi connectivity index (χ2n) is 4.64. The minimum atomic E-state index is -0.155. The minimum Gasteiger partial charge on any atom is -0.322 e. The molecule has 2 nitrogen and oxygen atoms in total. The number of rotatable bonds is 2. The van der Waals surface area contributed by atoms with Gasteiger partial charge in [0.25, 0.3) is 5.91 Å². The Morgan fingerprint density at radius 1 is 0.952 bits per heavy atom. The Hall–Kier alpha value is -1.59. The van der Waals surface area contributed by atoms with Gasteiger partial charge >= 0.3 is 0 Å². The maximum Gasteiger partial charge on any atom is 0.256 e. The molecule has 0 spiro atoms. The summed E-state index contributed by atoms with van der Waals surface area (Å²) in [7, 11) is 0. The van der Waals surface area contributed by atoms with Gasteiger partial charge in [0.05, 0.1) is 5.56 Å². The molecule has 4 heteroatoms. The highest BCUT2D eigenvalue weighted by molar-refractivity contribution is 14.1. The number of anilines is 1. The van der Waals surface area contributed by atoms with Crippen LogP contribution in [0.3, 0.4) is 0 Å². The second kappa shape index (κ2) is 6.03. The van der Waals surface area contributed by atoms with Crippen LogP contribution in [0.25, 0.3) is 10.8 Å². The Morgan fingerprint density at radius 2 is 1.71 bits per heavy atom. The fourth-order valence-corrected chi connectivity index (χ4v) is 2.89. The van der Waals surface area contributed by atoms with Crippen LogP contribution >= 0.6 is 34.2 Å². The predicted molar refractivity (Wildman–Crippen MR) is 96.1 cm³/mol. The maximum atomic E-state index is 12.3. The number of nitrogens with one attached hydrogen (secondary N) is 1. The molecule has 3 aromatic rings. The molecule has 0 unspecified atom stereocenters. The Labute approximate surface area is 141 Å². The van der Waals surface area contributed by atoms with Crippen LogP contribution in [0.15, 0.2) is 60.7 Å². The molecule has 0 aliphatic rings. The molecule has 0 atom stereocenters. The van der Waals surface area contributed by atoms with E-state index in [4.69, 9.17) is 11.6 Å². The van der Waals surface area contributed by atoms with Gasteiger partial charge in [0, 0.05) is 14.3 Å². The smallest absolute Gasteiger partial charge is 0.256 e. The standard InChI is InChI=1S/C17H11ClINO/c18-13-6-8-16(19)15(10-13)17(21)20-14-7-5-11-3-1-2-4-12(11)9-14/h1-10H,(H,20,21). The highest BCUT2D eigenvalue weighted by atomic mass is 127. The zero-order valence-corrected chi connectivity index (χ0v) is 13.9. The number of carbonyl (C=O) groups is 1. The summed E-state index contributed by atoms with van der Waals surface area (Å²) in [5, 5.41) is 5.71. The molecular formula is C17H11ClINO. The minimum absolute atomic E-state index is 0.155. The van der Waals surface area contributed by atoms with Crippen LogP contribution in [-0.2, 0) is 0 Å². The zero-order chi connectivity index (χ0) is 14.8. The van der Waals surface area contributed by atoms with Crippen molar-refractivity contribution < 1.29 is 4.79 Å². The fraction of sp³-hybridized carbons (Fsp3) is 0. The molecule has 0 aliphatic heterocycles. The SMILES string of the molecule is O=C(Nc1ccc2ccccc2c1)c1cc(Cl)ccc1I. The average Bonchev–Trinajstić information content (AvgIpc) is 2.49. The van der Waals surface area contributed by atoms with Crippen LogP contribution in [0, 0.1) is 3.57 Å². The Balaban J connectivity index is 1.90. The molecule has 0 heterocycles. The summed E-state index contributed by atoms with van der Waals surface area (Å²) in [5.41, 5.74) is 1.35. The summed E-state index contributed by atoms with van der Waals surface area (Å²) >= 11 is 8.09. The quantitative estimate of drug-likeness (QED) is 0.570. The van der Waals surface area contributed by atoms with E-state index < -0.39 is 0 Å². The summed E-state index contributed by atoms with van der Waals surface area (Å²) in [4.78, 5) is 12.3. The molecule has 3 rings (SSSR count). The highest BCUT2D eigenvalue weighted by Crippen LogP contribution is 2.22. The lowest BCUT2D eigenvalue weighted by molar-refractivity contribution is 0.102. The van der Waals surface area contributed by atoms with Gasteiger partial charge in [-0.05, 0) is 63.7 Å². The van der Waals surface area contributed by atoms with Crippen molar-refractivity contribution in [3.8, 4) is 0 Å². The zero-order valence-electron chi connectivity index (χ0n) is 10.9. The first-order valence-corrected chi connectivity index (χ1v) is 7.84. The van der Waals surface area contributed by atoms with Crippen LogP contribution in [-0.4, -0.2) is 5.91 Å². The van der Waals surface area contributed by atoms with Gasteiger partial charge in [-0.3, -0.25) is 4.79 Å². The Morgan fingerprint density at radius 3 is 2.52 bits per heavy atom. The van der Waals surface area contributed by atoms with Crippen molar-refractivity contribution >= 4 is 56.6 Å². The lowest BCUT2D eigenvalue weighted by Crippen LogP contribution is -2.13. The molecule has 1 amide bonds. The van der Waals surface area contributed by atoms with E-state index in [1.165, 1.54) is 0 Å². The molecule has 21 heavy (non-hydrogen) atoms. The van der Waals surface area contributed by atoms with Crippen LogP contribution in [0.1, 0.15) is 10.4 Å². The lowest BCUT2D eigenvalue weighted by Gasteiger charge is -2.08. The molecular weight excluding hydrogens is 397 g/mol. The fourth-order valence-electron chi connectivity index (χ4n) is 2.14. The maximum absolute atomic E-state index is 12.3. The van der Waals surface area contributed by atoms with Crippen LogP contribution < -0.4 is 5.32 Å². The van der Waals surface area contributed by atoms with E-state index >= 15 is 0 Å². The predicted octanol–water partition coefficient (Wildman–Crippen LogP) is 5.35. The number of amides is 1. The Kier molecular flexibility index (Phi) is 4.12. The van der Waals surface area contributed by atoms with E-state index in [-0.39, 0.29) is 5.91 Å². The van der Waals surface area contributed by atoms with E-state index in [1.807, 2.05) is 48.5 Å². The highest BCUT2D eigenvalue weighted by Gasteiger charge is 2.11. The van der Waals surface area contributed by atoms with Crippen LogP contribution in [0.4, 0.5) is 5.69 Å². The number of halogens is 2. The summed E-state index contributed by atoms with van der Waals surface area (Å²) in [6, 6.07) is 19.2. The van der Waals surface area contributed by atoms with Crippen LogP contribution in [0.2, 0.25) is 5.02 Å². The van der Waals surface area contributed by atoms with Gasteiger partial charge in [-0.25, -0.2) is 0 Å². The van der Waals surface area contributed by atoms with Gasteiger partial charge in [-0.1, -0.05) is 41.9 Å². The van der Waals surface area contributed by atoms with Crippen LogP contribution in [0.5, 0.6) is 0 Å². The van der Waals surface area contributed by atoms with Crippen molar-refractivity contribution in [3.63, 3.8) is 0 Å². The van der Waals surface area contributed by atoms with Crippen molar-refractivity contribution in [3.05, 3.63) is 74.8 Å². The first-order chi connectivity index (χ1) is 10.1. The average molecular weight is 408 g/mol. The lowest BCUT2D eigenvalue weighted by atomic mass is 10.1. The van der Waals surface area contributed by atoms with Gasteiger partial charge < -0.3 is 5.32 Å². The molecule has 1 N–H and O–H groups in total. The summed E-state index contributed by atoms with van der Waals surface area (Å²) < 4.78 is 0.871. The number of hydrogen-bond donors (Lipinski definition) is 1. The largest absolute Gasteiger partial charge is 0.322 e. The molecule has 0 saturated heterocycles. The number of hydrogen-bond acceptors (Lipinski definition) is 1. The summed E-state index contributed by atoms with van der Waals surface area (Å²) in [6.45, 7) is 0. The third-order valence-electron chi connectivity index (χ3n) is 3.18. The number of carbonyl (C=O) groups excluding carboxylic acids is 1. The first-order valence-electron chi connectivity index (χ1n) is 6.39. The van der Waals surface area contributed by atoms with Crippen molar-refractivity contribution in [2.24, 2.45) is 0 Å². The third kappa shape index (κ3) is 3.19. The molecule has 0 aromatic heterocycles. The van der Waals surface area contributed by atoms with Crippen molar-refractivity contribution in [1.29, 1.82) is 0 Å². The van der Waals surface area contributed by atoms with Gasteiger partial charge in [-0.2, -0.15) is 0 Å². The molecule has 0 radical (unpaired) electrons. The van der Waals surface area contributed by atoms with Crippen molar-refractivity contribution in [1.82, 2.24) is 0 Å². The van der Waals surface area contributed by atoms with E-state index in [2.05, 4.69) is 27.9 Å². The van der Waals surface area contributed by atoms with Crippen molar-refractivity contribution in [2.75, 3.05) is 5.32 Å². The van der Waals surface area contributed by atoms with Gasteiger partial charge in [0.2, 0.25) is 0 Å². The third-order valence-corrected chi connectivity index (χ3v) is 4.36. The second-order valence-corrected chi connectivity index (χ2v) is 6.24. The van der Waals surface area contributed by atoms with Gasteiger partial charge in [-0.15, -0.1) is 0 Å². The molecule has 0 saturated carbocycles. The summed E-state index contributed by atoms with van der Waals surface area (Å²) in [6.07, 6.45) is 0. The van der Waals surface area contributed by atoms with Gasteiger partial charge in [0.1, 0.15) is 0 Å². The normalized spacial score (nSPS) is 10.6.